The van der Waals surface area contributed by atoms with Gasteiger partial charge in [-0.25, -0.2) is 4.98 Å². The van der Waals surface area contributed by atoms with Crippen LogP contribution in [0.2, 0.25) is 0 Å². The molecular weight excluding hydrogens is 174 g/mol. The molecule has 14 heavy (non-hydrogen) atoms. The summed E-state index contributed by atoms with van der Waals surface area (Å²) in [4.78, 5) is 9.86. The van der Waals surface area contributed by atoms with Crippen LogP contribution in [-0.2, 0) is 0 Å². The van der Waals surface area contributed by atoms with E-state index in [2.05, 4.69) is 21.8 Å². The second kappa shape index (κ2) is 4.49. The quantitative estimate of drug-likeness (QED) is 0.782. The fourth-order valence-electron chi connectivity index (χ4n) is 2.22. The molecule has 0 aliphatic carbocycles. The molecule has 0 spiro atoms. The van der Waals surface area contributed by atoms with Crippen LogP contribution in [0.5, 0.6) is 0 Å². The monoisotopic (exact) mass is 193 g/mol. The average molecular weight is 193 g/mol. The van der Waals surface area contributed by atoms with Crippen LogP contribution >= 0.6 is 0 Å². The highest BCUT2D eigenvalue weighted by Gasteiger charge is 2.16. The van der Waals surface area contributed by atoms with E-state index >= 15 is 0 Å². The molecule has 3 nitrogen and oxygen atoms in total. The number of nitrogens with one attached hydrogen (secondary N) is 1. The molecule has 2 heterocycles. The Morgan fingerprint density at radius 3 is 3.14 bits per heavy atom. The Bertz CT molecular complexity index is 256. The molecule has 0 aromatic carbocycles. The van der Waals surface area contributed by atoms with Gasteiger partial charge < -0.3 is 9.88 Å². The highest BCUT2D eigenvalue weighted by atomic mass is 15.2. The molecule has 0 amide bonds. The van der Waals surface area contributed by atoms with Crippen LogP contribution in [0.25, 0.3) is 0 Å². The molecule has 0 saturated carbocycles. The van der Waals surface area contributed by atoms with Gasteiger partial charge in [0.25, 0.3) is 0 Å². The summed E-state index contributed by atoms with van der Waals surface area (Å²) < 4.78 is 0. The number of imidazole rings is 1. The topological polar surface area (TPSA) is 31.9 Å². The number of anilines is 1. The summed E-state index contributed by atoms with van der Waals surface area (Å²) in [5, 5.41) is 0. The molecule has 1 aliphatic rings. The van der Waals surface area contributed by atoms with Crippen LogP contribution < -0.4 is 4.90 Å². The fraction of sp³-hybridized carbons (Fsp3) is 0.727. The Morgan fingerprint density at radius 1 is 1.50 bits per heavy atom. The lowest BCUT2D eigenvalue weighted by atomic mass is 9.98. The Morgan fingerprint density at radius 2 is 2.43 bits per heavy atom. The maximum atomic E-state index is 4.30. The van der Waals surface area contributed by atoms with Gasteiger partial charge in [-0.2, -0.15) is 0 Å². The van der Waals surface area contributed by atoms with Crippen molar-refractivity contribution in [1.82, 2.24) is 9.97 Å². The minimum absolute atomic E-state index is 0.926. The third-order valence-corrected chi connectivity index (χ3v) is 3.21. The zero-order valence-corrected chi connectivity index (χ0v) is 8.87. The van der Waals surface area contributed by atoms with Crippen LogP contribution in [0, 0.1) is 5.92 Å². The Kier molecular flexibility index (Phi) is 3.07. The molecular formula is C11H19N3. The summed E-state index contributed by atoms with van der Waals surface area (Å²) in [7, 11) is 0. The van der Waals surface area contributed by atoms with E-state index < -0.39 is 0 Å². The molecule has 1 aromatic heterocycles. The van der Waals surface area contributed by atoms with Crippen molar-refractivity contribution in [1.29, 1.82) is 0 Å². The molecule has 0 radical (unpaired) electrons. The fourth-order valence-corrected chi connectivity index (χ4v) is 2.22. The number of H-pyrrole nitrogens is 1. The van der Waals surface area contributed by atoms with Gasteiger partial charge in [0.15, 0.2) is 0 Å². The van der Waals surface area contributed by atoms with Gasteiger partial charge in [-0.1, -0.05) is 13.3 Å². The van der Waals surface area contributed by atoms with Crippen molar-refractivity contribution < 1.29 is 0 Å². The van der Waals surface area contributed by atoms with E-state index in [0.29, 0.717) is 0 Å². The molecule has 78 valence electrons. The molecule has 1 saturated heterocycles. The van der Waals surface area contributed by atoms with E-state index in [9.17, 15) is 0 Å². The zero-order valence-electron chi connectivity index (χ0n) is 8.87. The maximum absolute atomic E-state index is 4.30. The number of aromatic nitrogens is 2. The van der Waals surface area contributed by atoms with Crippen molar-refractivity contribution in [2.75, 3.05) is 18.0 Å². The predicted octanol–water partition coefficient (Wildman–Crippen LogP) is 2.43. The lowest BCUT2D eigenvalue weighted by molar-refractivity contribution is 0.459. The molecule has 3 heteroatoms. The molecule has 1 fully saturated rings. The van der Waals surface area contributed by atoms with Gasteiger partial charge >= 0.3 is 0 Å². The minimum atomic E-state index is 0.926. The summed E-state index contributed by atoms with van der Waals surface area (Å²) in [6.45, 7) is 4.61. The van der Waals surface area contributed by atoms with Crippen molar-refractivity contribution >= 4 is 5.95 Å². The highest BCUT2D eigenvalue weighted by Crippen LogP contribution is 2.22. The molecule has 2 rings (SSSR count). The summed E-state index contributed by atoms with van der Waals surface area (Å²) in [5.41, 5.74) is 0. The number of aromatic amines is 1. The minimum Gasteiger partial charge on any atom is -0.342 e. The van der Waals surface area contributed by atoms with Gasteiger partial charge in [-0.3, -0.25) is 0 Å². The van der Waals surface area contributed by atoms with E-state index in [1.165, 1.54) is 25.7 Å². The van der Waals surface area contributed by atoms with E-state index in [1.807, 2.05) is 12.4 Å². The van der Waals surface area contributed by atoms with Crippen LogP contribution in [-0.4, -0.2) is 23.1 Å². The van der Waals surface area contributed by atoms with Gasteiger partial charge in [-0.15, -0.1) is 0 Å². The van der Waals surface area contributed by atoms with Gasteiger partial charge in [-0.05, 0) is 25.2 Å². The first-order valence-electron chi connectivity index (χ1n) is 5.64. The molecule has 1 aliphatic heterocycles. The first-order chi connectivity index (χ1) is 6.90. The van der Waals surface area contributed by atoms with Crippen molar-refractivity contribution in [2.24, 2.45) is 5.92 Å². The van der Waals surface area contributed by atoms with Crippen LogP contribution in [0.3, 0.4) is 0 Å². The van der Waals surface area contributed by atoms with Crippen LogP contribution in [0.4, 0.5) is 5.95 Å². The first kappa shape index (κ1) is 9.56. The molecule has 1 N–H and O–H groups in total. The predicted molar refractivity (Wildman–Crippen MR) is 58.4 cm³/mol. The number of hydrogen-bond donors (Lipinski definition) is 1. The Labute approximate surface area is 85.5 Å². The SMILES string of the molecule is CCC1CCCN(c2ncc[nH]2)CC1. The standard InChI is InChI=1S/C11H19N3/c1-2-10-4-3-8-14(9-5-10)11-12-6-7-13-11/h6-7,10H,2-5,8-9H2,1H3,(H,12,13). The van der Waals surface area contributed by atoms with E-state index in [1.54, 1.807) is 0 Å². The number of hydrogen-bond acceptors (Lipinski definition) is 2. The second-order valence-electron chi connectivity index (χ2n) is 4.11. The third kappa shape index (κ3) is 2.08. The van der Waals surface area contributed by atoms with Crippen molar-refractivity contribution in [3.05, 3.63) is 12.4 Å². The van der Waals surface area contributed by atoms with Gasteiger partial charge in [0.2, 0.25) is 5.95 Å². The molecule has 1 aromatic rings. The highest BCUT2D eigenvalue weighted by molar-refractivity contribution is 5.28. The smallest absolute Gasteiger partial charge is 0.202 e. The lowest BCUT2D eigenvalue weighted by Gasteiger charge is -2.19. The molecule has 1 atom stereocenters. The Hall–Kier alpha value is -0.990. The van der Waals surface area contributed by atoms with Gasteiger partial charge in [0.1, 0.15) is 0 Å². The summed E-state index contributed by atoms with van der Waals surface area (Å²) in [5.74, 6) is 1.97. The van der Waals surface area contributed by atoms with E-state index in [4.69, 9.17) is 0 Å². The van der Waals surface area contributed by atoms with E-state index in [-0.39, 0.29) is 0 Å². The zero-order chi connectivity index (χ0) is 9.80. The number of nitrogens with zero attached hydrogens (tertiary/aromatic N) is 2. The van der Waals surface area contributed by atoms with E-state index in [0.717, 1.165) is 25.0 Å². The van der Waals surface area contributed by atoms with Crippen LogP contribution in [0.15, 0.2) is 12.4 Å². The normalized spacial score (nSPS) is 23.5. The lowest BCUT2D eigenvalue weighted by Crippen LogP contribution is -2.25. The summed E-state index contributed by atoms with van der Waals surface area (Å²) in [6, 6.07) is 0. The first-order valence-corrected chi connectivity index (χ1v) is 5.64. The van der Waals surface area contributed by atoms with Crippen molar-refractivity contribution in [3.8, 4) is 0 Å². The largest absolute Gasteiger partial charge is 0.342 e. The average Bonchev–Trinajstić information content (AvgIpc) is 2.63. The second-order valence-corrected chi connectivity index (χ2v) is 4.11. The third-order valence-electron chi connectivity index (χ3n) is 3.21. The summed E-state index contributed by atoms with van der Waals surface area (Å²) >= 11 is 0. The Balaban J connectivity index is 1.96. The summed E-state index contributed by atoms with van der Waals surface area (Å²) in [6.07, 6.45) is 9.06. The van der Waals surface area contributed by atoms with Crippen LogP contribution in [0.1, 0.15) is 32.6 Å². The van der Waals surface area contributed by atoms with Gasteiger partial charge in [0.05, 0.1) is 0 Å². The molecule has 0 bridgehead atoms. The van der Waals surface area contributed by atoms with Crippen molar-refractivity contribution in [2.45, 2.75) is 32.6 Å². The maximum Gasteiger partial charge on any atom is 0.202 e. The molecule has 1 unspecified atom stereocenters. The number of rotatable bonds is 2. The van der Waals surface area contributed by atoms with Crippen molar-refractivity contribution in [3.63, 3.8) is 0 Å². The van der Waals surface area contributed by atoms with Gasteiger partial charge in [0, 0.05) is 25.5 Å².